The predicted octanol–water partition coefficient (Wildman–Crippen LogP) is 4.80. The zero-order chi connectivity index (χ0) is 20.8. The number of hydrogen-bond acceptors (Lipinski definition) is 4. The fourth-order valence-electron chi connectivity index (χ4n) is 2.83. The number of amides is 1. The topological polar surface area (TPSA) is 72.2 Å². The summed E-state index contributed by atoms with van der Waals surface area (Å²) in [7, 11) is -1.19. The van der Waals surface area contributed by atoms with Crippen LogP contribution in [0.4, 0.5) is 0 Å². The lowest BCUT2D eigenvalue weighted by Gasteiger charge is -2.04. The summed E-state index contributed by atoms with van der Waals surface area (Å²) in [6.07, 6.45) is 2.01. The number of carbonyl (C=O) groups is 1. The van der Waals surface area contributed by atoms with Gasteiger partial charge in [-0.3, -0.25) is 9.00 Å². The van der Waals surface area contributed by atoms with Crippen LogP contribution >= 0.6 is 0 Å². The predicted molar refractivity (Wildman–Crippen MR) is 115 cm³/mol. The second-order valence-corrected chi connectivity index (χ2v) is 8.46. The van der Waals surface area contributed by atoms with Gasteiger partial charge in [-0.15, -0.1) is 0 Å². The van der Waals surface area contributed by atoms with Gasteiger partial charge in [0.2, 0.25) is 5.89 Å². The maximum atomic E-state index is 12.6. The van der Waals surface area contributed by atoms with Gasteiger partial charge in [0, 0.05) is 22.6 Å². The van der Waals surface area contributed by atoms with Crippen molar-refractivity contribution in [1.82, 2.24) is 10.3 Å². The van der Waals surface area contributed by atoms with Crippen LogP contribution in [0.15, 0.2) is 57.8 Å². The van der Waals surface area contributed by atoms with Crippen molar-refractivity contribution in [2.75, 3.05) is 6.54 Å². The molecule has 1 amide bonds. The van der Waals surface area contributed by atoms with Crippen LogP contribution in [0.25, 0.3) is 11.5 Å². The zero-order valence-electron chi connectivity index (χ0n) is 17.0. The summed E-state index contributed by atoms with van der Waals surface area (Å²) >= 11 is 0. The molecule has 0 spiro atoms. The average molecular weight is 411 g/mol. The number of benzene rings is 2. The van der Waals surface area contributed by atoms with E-state index in [1.165, 1.54) is 0 Å². The molecule has 0 fully saturated rings. The van der Waals surface area contributed by atoms with Crippen molar-refractivity contribution in [2.45, 2.75) is 44.3 Å². The van der Waals surface area contributed by atoms with Gasteiger partial charge in [-0.25, -0.2) is 4.98 Å². The summed E-state index contributed by atoms with van der Waals surface area (Å²) in [5, 5.41) is 2.90. The molecule has 1 N–H and O–H groups in total. The normalized spacial score (nSPS) is 12.0. The molecule has 0 aliphatic carbocycles. The molecule has 5 nitrogen and oxygen atoms in total. The van der Waals surface area contributed by atoms with E-state index >= 15 is 0 Å². The molecule has 2 aromatic carbocycles. The standard InChI is InChI=1S/C23H26N2O3S/c1-4-5-14-24-22(26)18-8-10-19(11-9-18)23-25-21(17(3)28-23)15-29(27)20-12-6-16(2)7-13-20/h6-13H,4-5,14-15H2,1-3H3,(H,24,26)/t29-/m0/s1. The van der Waals surface area contributed by atoms with Crippen molar-refractivity contribution < 1.29 is 13.4 Å². The highest BCUT2D eigenvalue weighted by atomic mass is 32.2. The highest BCUT2D eigenvalue weighted by Gasteiger charge is 2.15. The molecule has 3 aromatic rings. The summed E-state index contributed by atoms with van der Waals surface area (Å²) < 4.78 is 18.4. The summed E-state index contributed by atoms with van der Waals surface area (Å²) in [6, 6.07) is 14.8. The zero-order valence-corrected chi connectivity index (χ0v) is 17.8. The maximum Gasteiger partial charge on any atom is 0.251 e. The summed E-state index contributed by atoms with van der Waals surface area (Å²) in [5.74, 6) is 1.34. The Balaban J connectivity index is 1.70. The third kappa shape index (κ3) is 5.41. The molecule has 0 unspecified atom stereocenters. The van der Waals surface area contributed by atoms with E-state index in [0.29, 0.717) is 35.2 Å². The molecule has 0 bridgehead atoms. The van der Waals surface area contributed by atoms with Gasteiger partial charge in [0.25, 0.3) is 5.91 Å². The molecule has 0 saturated carbocycles. The minimum atomic E-state index is -1.19. The smallest absolute Gasteiger partial charge is 0.251 e. The third-order valence-corrected chi connectivity index (χ3v) is 5.99. The number of carbonyl (C=O) groups excluding carboxylic acids is 1. The van der Waals surface area contributed by atoms with Gasteiger partial charge in [0.05, 0.1) is 22.2 Å². The van der Waals surface area contributed by atoms with Crippen molar-refractivity contribution in [1.29, 1.82) is 0 Å². The molecule has 1 heterocycles. The van der Waals surface area contributed by atoms with Crippen LogP contribution in [0.3, 0.4) is 0 Å². The van der Waals surface area contributed by atoms with Gasteiger partial charge in [-0.2, -0.15) is 0 Å². The Kier molecular flexibility index (Phi) is 6.99. The molecular formula is C23H26N2O3S. The van der Waals surface area contributed by atoms with E-state index < -0.39 is 10.8 Å². The van der Waals surface area contributed by atoms with Crippen LogP contribution in [-0.4, -0.2) is 21.6 Å². The summed E-state index contributed by atoms with van der Waals surface area (Å²) in [5.41, 5.74) is 3.20. The number of nitrogens with one attached hydrogen (secondary N) is 1. The van der Waals surface area contributed by atoms with Crippen LogP contribution in [0.2, 0.25) is 0 Å². The molecule has 0 saturated heterocycles. The minimum Gasteiger partial charge on any atom is -0.441 e. The number of nitrogens with zero attached hydrogens (tertiary/aromatic N) is 1. The molecule has 1 atom stereocenters. The number of unbranched alkanes of at least 4 members (excludes halogenated alkanes) is 1. The summed E-state index contributed by atoms with van der Waals surface area (Å²) in [4.78, 5) is 17.4. The largest absolute Gasteiger partial charge is 0.441 e. The molecule has 0 radical (unpaired) electrons. The first kappa shape index (κ1) is 21.0. The number of oxazole rings is 1. The second-order valence-electron chi connectivity index (χ2n) is 7.01. The van der Waals surface area contributed by atoms with E-state index in [1.807, 2.05) is 50.2 Å². The molecule has 3 rings (SSSR count). The van der Waals surface area contributed by atoms with E-state index in [1.54, 1.807) is 12.1 Å². The first-order valence-corrected chi connectivity index (χ1v) is 11.1. The Morgan fingerprint density at radius 1 is 1.07 bits per heavy atom. The Bertz CT molecular complexity index is 992. The molecule has 152 valence electrons. The monoisotopic (exact) mass is 410 g/mol. The Morgan fingerprint density at radius 2 is 1.76 bits per heavy atom. The van der Waals surface area contributed by atoms with E-state index in [-0.39, 0.29) is 5.91 Å². The summed E-state index contributed by atoms with van der Waals surface area (Å²) in [6.45, 7) is 6.59. The molecular weight excluding hydrogens is 384 g/mol. The van der Waals surface area contributed by atoms with Gasteiger partial charge < -0.3 is 9.73 Å². The van der Waals surface area contributed by atoms with Crippen LogP contribution in [0.5, 0.6) is 0 Å². The first-order chi connectivity index (χ1) is 14.0. The van der Waals surface area contributed by atoms with E-state index in [2.05, 4.69) is 17.2 Å². The fourth-order valence-corrected chi connectivity index (χ4v) is 3.95. The second kappa shape index (κ2) is 9.65. The molecule has 6 heteroatoms. The Labute approximate surface area is 174 Å². The minimum absolute atomic E-state index is 0.0808. The lowest BCUT2D eigenvalue weighted by atomic mass is 10.1. The van der Waals surface area contributed by atoms with Crippen LogP contribution in [0.1, 0.15) is 47.1 Å². The van der Waals surface area contributed by atoms with Crippen molar-refractivity contribution in [2.24, 2.45) is 0 Å². The number of aromatic nitrogens is 1. The van der Waals surface area contributed by atoms with Crippen molar-refractivity contribution in [3.05, 3.63) is 71.1 Å². The van der Waals surface area contributed by atoms with Crippen molar-refractivity contribution in [3.8, 4) is 11.5 Å². The van der Waals surface area contributed by atoms with E-state index in [9.17, 15) is 9.00 Å². The van der Waals surface area contributed by atoms with Gasteiger partial charge in [0.15, 0.2) is 0 Å². The van der Waals surface area contributed by atoms with Crippen molar-refractivity contribution >= 4 is 16.7 Å². The quantitative estimate of drug-likeness (QED) is 0.542. The SMILES string of the molecule is CCCCNC(=O)c1ccc(-c2nc(C[S@](=O)c3ccc(C)cc3)c(C)o2)cc1. The fraction of sp³-hybridized carbons (Fsp3) is 0.304. The van der Waals surface area contributed by atoms with E-state index in [0.717, 1.165) is 28.9 Å². The molecule has 0 aliphatic rings. The molecule has 0 aliphatic heterocycles. The van der Waals surface area contributed by atoms with Crippen molar-refractivity contribution in [3.63, 3.8) is 0 Å². The van der Waals surface area contributed by atoms with E-state index in [4.69, 9.17) is 4.42 Å². The molecule has 1 aromatic heterocycles. The highest BCUT2D eigenvalue weighted by Crippen LogP contribution is 2.24. The first-order valence-electron chi connectivity index (χ1n) is 9.78. The van der Waals surface area contributed by atoms with Gasteiger partial charge in [-0.05, 0) is 56.7 Å². The average Bonchev–Trinajstić information content (AvgIpc) is 3.09. The third-order valence-electron chi connectivity index (χ3n) is 4.65. The van der Waals surface area contributed by atoms with Gasteiger partial charge >= 0.3 is 0 Å². The highest BCUT2D eigenvalue weighted by molar-refractivity contribution is 7.84. The lowest BCUT2D eigenvalue weighted by molar-refractivity contribution is 0.0953. The number of aryl methyl sites for hydroxylation is 2. The van der Waals surface area contributed by atoms with Gasteiger partial charge in [-0.1, -0.05) is 31.0 Å². The van der Waals surface area contributed by atoms with Crippen LogP contribution < -0.4 is 5.32 Å². The Hall–Kier alpha value is -2.73. The Morgan fingerprint density at radius 3 is 2.41 bits per heavy atom. The lowest BCUT2D eigenvalue weighted by Crippen LogP contribution is -2.24. The maximum absolute atomic E-state index is 12.6. The number of hydrogen-bond donors (Lipinski definition) is 1. The molecule has 29 heavy (non-hydrogen) atoms. The van der Waals surface area contributed by atoms with Crippen LogP contribution in [0, 0.1) is 13.8 Å². The number of rotatable bonds is 8. The van der Waals surface area contributed by atoms with Crippen LogP contribution in [-0.2, 0) is 16.6 Å². The van der Waals surface area contributed by atoms with Gasteiger partial charge in [0.1, 0.15) is 5.76 Å².